The average molecular weight is 481 g/mol. The second-order valence-electron chi connectivity index (χ2n) is 8.11. The minimum absolute atomic E-state index is 0.0136. The molecule has 9 heteroatoms. The van der Waals surface area contributed by atoms with E-state index >= 15 is 0 Å². The highest BCUT2D eigenvalue weighted by molar-refractivity contribution is 6.33. The van der Waals surface area contributed by atoms with Crippen LogP contribution in [0.5, 0.6) is 0 Å². The molecule has 3 N–H and O–H groups in total. The molecule has 0 radical (unpaired) electrons. The number of halogens is 1. The van der Waals surface area contributed by atoms with Gasteiger partial charge in [0.2, 0.25) is 5.95 Å². The molecule has 1 amide bonds. The summed E-state index contributed by atoms with van der Waals surface area (Å²) in [6.07, 6.45) is 2.96. The standard InChI is InChI=1S/C26H17ClN6O2/c27-19-13-29-26(28)32-23(19)24(34)31-22-16-8-3-2-7-15(16)21-17(22)9-5-10-18(21)25(35)33-20-11-4-1-6-14(20)12-30-33/h1-13,22H,(H,31,34)(H2,28,29,32). The Hall–Kier alpha value is -4.56. The topological polar surface area (TPSA) is 116 Å². The molecule has 2 heterocycles. The lowest BCUT2D eigenvalue weighted by atomic mass is 9.98. The molecule has 6 rings (SSSR count). The van der Waals surface area contributed by atoms with Gasteiger partial charge in [-0.25, -0.2) is 9.97 Å². The fraction of sp³-hybridized carbons (Fsp3) is 0.0385. The highest BCUT2D eigenvalue weighted by Gasteiger charge is 2.34. The minimum atomic E-state index is -0.511. The van der Waals surface area contributed by atoms with Crippen LogP contribution in [-0.4, -0.2) is 31.6 Å². The molecular formula is C26H17ClN6O2. The van der Waals surface area contributed by atoms with Gasteiger partial charge in [0.05, 0.1) is 29.0 Å². The molecule has 1 atom stereocenters. The van der Waals surface area contributed by atoms with Gasteiger partial charge in [-0.15, -0.1) is 0 Å². The number of carbonyl (C=O) groups is 2. The fourth-order valence-electron chi connectivity index (χ4n) is 4.58. The van der Waals surface area contributed by atoms with Gasteiger partial charge >= 0.3 is 0 Å². The van der Waals surface area contributed by atoms with E-state index in [2.05, 4.69) is 20.4 Å². The highest BCUT2D eigenvalue weighted by atomic mass is 35.5. The monoisotopic (exact) mass is 480 g/mol. The van der Waals surface area contributed by atoms with Crippen LogP contribution in [0.25, 0.3) is 22.0 Å². The number of hydrogen-bond donors (Lipinski definition) is 2. The van der Waals surface area contributed by atoms with Crippen LogP contribution in [-0.2, 0) is 0 Å². The Kier molecular flexibility index (Phi) is 4.82. The van der Waals surface area contributed by atoms with Crippen molar-refractivity contribution in [2.24, 2.45) is 0 Å². The molecular weight excluding hydrogens is 464 g/mol. The number of nitrogens with two attached hydrogens (primary N) is 1. The van der Waals surface area contributed by atoms with Gasteiger partial charge in [-0.3, -0.25) is 9.59 Å². The van der Waals surface area contributed by atoms with Crippen LogP contribution >= 0.6 is 11.6 Å². The van der Waals surface area contributed by atoms with Crippen LogP contribution in [0.15, 0.2) is 79.1 Å². The molecule has 5 aromatic rings. The number of nitrogens with one attached hydrogen (secondary N) is 1. The molecule has 35 heavy (non-hydrogen) atoms. The van der Waals surface area contributed by atoms with E-state index in [0.717, 1.165) is 33.2 Å². The van der Waals surface area contributed by atoms with Crippen molar-refractivity contribution in [3.63, 3.8) is 0 Å². The van der Waals surface area contributed by atoms with Gasteiger partial charge in [0, 0.05) is 16.5 Å². The third-order valence-electron chi connectivity index (χ3n) is 6.10. The molecule has 170 valence electrons. The smallest absolute Gasteiger partial charge is 0.279 e. The summed E-state index contributed by atoms with van der Waals surface area (Å²) >= 11 is 6.15. The third-order valence-corrected chi connectivity index (χ3v) is 6.38. The summed E-state index contributed by atoms with van der Waals surface area (Å²) in [4.78, 5) is 34.6. The predicted molar refractivity (Wildman–Crippen MR) is 132 cm³/mol. The summed E-state index contributed by atoms with van der Waals surface area (Å²) in [5.41, 5.74) is 10.1. The van der Waals surface area contributed by atoms with Gasteiger partial charge in [0.25, 0.3) is 11.8 Å². The van der Waals surface area contributed by atoms with E-state index in [1.54, 1.807) is 18.3 Å². The molecule has 1 aliphatic rings. The molecule has 0 saturated carbocycles. The number of carbonyl (C=O) groups excluding carboxylic acids is 2. The first-order valence-electron chi connectivity index (χ1n) is 10.8. The van der Waals surface area contributed by atoms with Gasteiger partial charge in [0.1, 0.15) is 0 Å². The van der Waals surface area contributed by atoms with Crippen LogP contribution in [0.2, 0.25) is 5.02 Å². The fourth-order valence-corrected chi connectivity index (χ4v) is 4.75. The van der Waals surface area contributed by atoms with Gasteiger partial charge in [-0.1, -0.05) is 66.2 Å². The maximum Gasteiger partial charge on any atom is 0.279 e. The van der Waals surface area contributed by atoms with Gasteiger partial charge in [0.15, 0.2) is 5.69 Å². The number of hydrogen-bond acceptors (Lipinski definition) is 6. The van der Waals surface area contributed by atoms with Crippen molar-refractivity contribution < 1.29 is 9.59 Å². The van der Waals surface area contributed by atoms with Gasteiger partial charge < -0.3 is 11.1 Å². The van der Waals surface area contributed by atoms with Crippen molar-refractivity contribution in [2.45, 2.75) is 6.04 Å². The maximum atomic E-state index is 13.7. The molecule has 3 aromatic carbocycles. The van der Waals surface area contributed by atoms with Crippen LogP contribution in [0.4, 0.5) is 5.95 Å². The Morgan fingerprint density at radius 2 is 1.71 bits per heavy atom. The number of benzene rings is 3. The van der Waals surface area contributed by atoms with E-state index in [1.807, 2.05) is 54.6 Å². The van der Waals surface area contributed by atoms with Crippen LogP contribution in [0, 0.1) is 0 Å². The first-order valence-corrected chi connectivity index (χ1v) is 11.2. The number of fused-ring (bicyclic) bond motifs is 4. The molecule has 2 aromatic heterocycles. The number of amides is 1. The van der Waals surface area contributed by atoms with Gasteiger partial charge in [-0.05, 0) is 28.8 Å². The third kappa shape index (κ3) is 3.34. The van der Waals surface area contributed by atoms with E-state index in [1.165, 1.54) is 10.9 Å². The largest absolute Gasteiger partial charge is 0.368 e. The molecule has 0 aliphatic heterocycles. The van der Waals surface area contributed by atoms with Crippen molar-refractivity contribution in [2.75, 3.05) is 5.73 Å². The van der Waals surface area contributed by atoms with Crippen LogP contribution in [0.1, 0.15) is 38.0 Å². The summed E-state index contributed by atoms with van der Waals surface area (Å²) in [6, 6.07) is 20.2. The lowest BCUT2D eigenvalue weighted by Crippen LogP contribution is -2.29. The van der Waals surface area contributed by atoms with Crippen molar-refractivity contribution >= 4 is 40.3 Å². The quantitative estimate of drug-likeness (QED) is 0.399. The molecule has 0 bridgehead atoms. The second kappa shape index (κ2) is 8.03. The molecule has 8 nitrogen and oxygen atoms in total. The molecule has 0 spiro atoms. The summed E-state index contributed by atoms with van der Waals surface area (Å²) < 4.78 is 1.41. The van der Waals surface area contributed by atoms with Gasteiger partial charge in [-0.2, -0.15) is 9.78 Å². The normalized spacial score (nSPS) is 13.9. The maximum absolute atomic E-state index is 13.7. The number of para-hydroxylation sites is 1. The summed E-state index contributed by atoms with van der Waals surface area (Å²) in [6.45, 7) is 0. The Bertz CT molecular complexity index is 1660. The zero-order valence-electron chi connectivity index (χ0n) is 18.1. The van der Waals surface area contributed by atoms with Crippen LogP contribution < -0.4 is 11.1 Å². The Labute approximate surface area is 204 Å². The van der Waals surface area contributed by atoms with E-state index in [-0.39, 0.29) is 22.6 Å². The summed E-state index contributed by atoms with van der Waals surface area (Å²) in [5.74, 6) is -0.797. The lowest BCUT2D eigenvalue weighted by Gasteiger charge is -2.16. The summed E-state index contributed by atoms with van der Waals surface area (Å²) in [5, 5.41) is 8.31. The molecule has 1 unspecified atom stereocenters. The van der Waals surface area contributed by atoms with Crippen LogP contribution in [0.3, 0.4) is 0 Å². The zero-order valence-corrected chi connectivity index (χ0v) is 18.9. The number of aromatic nitrogens is 4. The number of nitrogen functional groups attached to an aromatic ring is 1. The first kappa shape index (κ1) is 21.0. The molecule has 0 fully saturated rings. The number of rotatable bonds is 3. The minimum Gasteiger partial charge on any atom is -0.368 e. The number of nitrogens with zero attached hydrogens (tertiary/aromatic N) is 4. The predicted octanol–water partition coefficient (Wildman–Crippen LogP) is 4.25. The Morgan fingerprint density at radius 1 is 0.943 bits per heavy atom. The first-order chi connectivity index (χ1) is 17.0. The van der Waals surface area contributed by atoms with E-state index in [9.17, 15) is 9.59 Å². The SMILES string of the molecule is Nc1ncc(Cl)c(C(=O)NC2c3ccccc3-c3c(C(=O)n4ncc5ccccc54)cccc32)n1. The zero-order chi connectivity index (χ0) is 24.1. The Morgan fingerprint density at radius 3 is 2.60 bits per heavy atom. The lowest BCUT2D eigenvalue weighted by molar-refractivity contribution is 0.0936. The van der Waals surface area contributed by atoms with Crippen molar-refractivity contribution in [3.05, 3.63) is 107 Å². The van der Waals surface area contributed by atoms with Crippen molar-refractivity contribution in [1.82, 2.24) is 25.1 Å². The van der Waals surface area contributed by atoms with Crippen molar-refractivity contribution in [1.29, 1.82) is 0 Å². The molecule has 1 aliphatic carbocycles. The van der Waals surface area contributed by atoms with E-state index in [4.69, 9.17) is 17.3 Å². The second-order valence-corrected chi connectivity index (χ2v) is 8.52. The highest BCUT2D eigenvalue weighted by Crippen LogP contribution is 2.45. The average Bonchev–Trinajstić information content (AvgIpc) is 3.45. The summed E-state index contributed by atoms with van der Waals surface area (Å²) in [7, 11) is 0. The van der Waals surface area contributed by atoms with E-state index < -0.39 is 11.9 Å². The Balaban J connectivity index is 1.46. The van der Waals surface area contributed by atoms with Crippen molar-refractivity contribution in [3.8, 4) is 11.1 Å². The van der Waals surface area contributed by atoms with E-state index in [0.29, 0.717) is 5.56 Å². The molecule has 0 saturated heterocycles. The number of anilines is 1.